The summed E-state index contributed by atoms with van der Waals surface area (Å²) in [6.07, 6.45) is 3.82. The molecule has 2 rings (SSSR count). The molecule has 0 spiro atoms. The number of likely N-dealkylation sites (tertiary alicyclic amines) is 1. The minimum absolute atomic E-state index is 0.0300. The van der Waals surface area contributed by atoms with Crippen LogP contribution in [0.1, 0.15) is 49.9 Å². The van der Waals surface area contributed by atoms with Crippen molar-refractivity contribution in [3.8, 4) is 11.5 Å². The monoisotopic (exact) mass is 378 g/mol. The topological polar surface area (TPSA) is 74.0 Å². The van der Waals surface area contributed by atoms with E-state index < -0.39 is 0 Å². The maximum absolute atomic E-state index is 12.8. The van der Waals surface area contributed by atoms with Crippen LogP contribution in [0.15, 0.2) is 18.2 Å². The first kappa shape index (κ1) is 21.5. The molecule has 1 fully saturated rings. The number of benzene rings is 1. The fourth-order valence-corrected chi connectivity index (χ4v) is 3.07. The molecule has 6 nitrogen and oxygen atoms in total. The number of hydrogen-bond donors (Lipinski definition) is 1. The van der Waals surface area contributed by atoms with Crippen LogP contribution in [-0.2, 0) is 4.74 Å². The molecule has 0 aliphatic carbocycles. The molecular weight excluding hydrogens is 344 g/mol. The van der Waals surface area contributed by atoms with Crippen molar-refractivity contribution in [3.63, 3.8) is 0 Å². The van der Waals surface area contributed by atoms with Crippen LogP contribution >= 0.6 is 0 Å². The van der Waals surface area contributed by atoms with E-state index in [1.165, 1.54) is 0 Å². The van der Waals surface area contributed by atoms with E-state index in [0.29, 0.717) is 55.8 Å². The number of amides is 1. The maximum Gasteiger partial charge on any atom is 0.253 e. The highest BCUT2D eigenvalue weighted by atomic mass is 16.5. The predicted octanol–water partition coefficient (Wildman–Crippen LogP) is 3.09. The lowest BCUT2D eigenvalue weighted by Crippen LogP contribution is -2.41. The van der Waals surface area contributed by atoms with Gasteiger partial charge in [-0.25, -0.2) is 0 Å². The minimum atomic E-state index is 0.0300. The van der Waals surface area contributed by atoms with Crippen LogP contribution in [-0.4, -0.2) is 56.9 Å². The Morgan fingerprint density at radius 2 is 1.96 bits per heavy atom. The SMILES string of the molecule is COc1cc(C(=O)N2CCC(OCCCN)CC2)ccc1OCCC(C)C. The number of methoxy groups -OCH3 is 1. The van der Waals surface area contributed by atoms with E-state index in [4.69, 9.17) is 19.9 Å². The van der Waals surface area contributed by atoms with E-state index in [9.17, 15) is 4.79 Å². The first-order valence-corrected chi connectivity index (χ1v) is 9.97. The quantitative estimate of drug-likeness (QED) is 0.633. The molecule has 27 heavy (non-hydrogen) atoms. The van der Waals surface area contributed by atoms with E-state index >= 15 is 0 Å². The van der Waals surface area contributed by atoms with E-state index in [1.807, 2.05) is 17.0 Å². The van der Waals surface area contributed by atoms with Gasteiger partial charge in [-0.2, -0.15) is 0 Å². The average molecular weight is 379 g/mol. The zero-order valence-electron chi connectivity index (χ0n) is 16.9. The summed E-state index contributed by atoms with van der Waals surface area (Å²) in [6.45, 7) is 7.73. The summed E-state index contributed by atoms with van der Waals surface area (Å²) < 4.78 is 17.0. The first-order valence-electron chi connectivity index (χ1n) is 9.97. The summed E-state index contributed by atoms with van der Waals surface area (Å²) in [6, 6.07) is 5.42. The van der Waals surface area contributed by atoms with Crippen LogP contribution in [0, 0.1) is 5.92 Å². The Morgan fingerprint density at radius 3 is 2.59 bits per heavy atom. The van der Waals surface area contributed by atoms with Gasteiger partial charge < -0.3 is 24.8 Å². The largest absolute Gasteiger partial charge is 0.493 e. The van der Waals surface area contributed by atoms with Gasteiger partial charge in [0.2, 0.25) is 0 Å². The van der Waals surface area contributed by atoms with Crippen molar-refractivity contribution in [1.82, 2.24) is 4.90 Å². The van der Waals surface area contributed by atoms with Crippen LogP contribution in [0.2, 0.25) is 0 Å². The van der Waals surface area contributed by atoms with Crippen LogP contribution in [0.5, 0.6) is 11.5 Å². The van der Waals surface area contributed by atoms with Gasteiger partial charge in [0.05, 0.1) is 19.8 Å². The minimum Gasteiger partial charge on any atom is -0.493 e. The van der Waals surface area contributed by atoms with Gasteiger partial charge >= 0.3 is 0 Å². The lowest BCUT2D eigenvalue weighted by molar-refractivity contribution is 0.00844. The van der Waals surface area contributed by atoms with Gasteiger partial charge in [0.15, 0.2) is 11.5 Å². The van der Waals surface area contributed by atoms with E-state index in [0.717, 1.165) is 25.7 Å². The zero-order chi connectivity index (χ0) is 19.6. The second kappa shape index (κ2) is 11.1. The Labute approximate surface area is 163 Å². The molecule has 1 aromatic rings. The number of piperidine rings is 1. The van der Waals surface area contributed by atoms with Gasteiger partial charge in [0, 0.05) is 25.3 Å². The molecule has 6 heteroatoms. The number of rotatable bonds is 10. The molecule has 0 saturated carbocycles. The molecule has 152 valence electrons. The van der Waals surface area contributed by atoms with Crippen LogP contribution < -0.4 is 15.2 Å². The van der Waals surface area contributed by atoms with Crippen molar-refractivity contribution >= 4 is 5.91 Å². The van der Waals surface area contributed by atoms with Gasteiger partial charge in [0.1, 0.15) is 0 Å². The van der Waals surface area contributed by atoms with Gasteiger partial charge in [0.25, 0.3) is 5.91 Å². The summed E-state index contributed by atoms with van der Waals surface area (Å²) >= 11 is 0. The predicted molar refractivity (Wildman–Crippen MR) is 106 cm³/mol. The Morgan fingerprint density at radius 1 is 1.22 bits per heavy atom. The molecule has 0 unspecified atom stereocenters. The molecule has 1 aromatic carbocycles. The summed E-state index contributed by atoms with van der Waals surface area (Å²) in [5, 5.41) is 0. The summed E-state index contributed by atoms with van der Waals surface area (Å²) in [7, 11) is 1.60. The molecule has 2 N–H and O–H groups in total. The highest BCUT2D eigenvalue weighted by molar-refractivity contribution is 5.95. The molecule has 0 radical (unpaired) electrons. The highest BCUT2D eigenvalue weighted by Gasteiger charge is 2.24. The van der Waals surface area contributed by atoms with Gasteiger partial charge in [-0.05, 0) is 56.3 Å². The Balaban J connectivity index is 1.90. The molecule has 1 aliphatic heterocycles. The highest BCUT2D eigenvalue weighted by Crippen LogP contribution is 2.29. The van der Waals surface area contributed by atoms with Crippen molar-refractivity contribution in [2.75, 3.05) is 40.0 Å². The number of nitrogens with two attached hydrogens (primary N) is 1. The van der Waals surface area contributed by atoms with Gasteiger partial charge in [-0.1, -0.05) is 13.8 Å². The lowest BCUT2D eigenvalue weighted by atomic mass is 10.1. The molecule has 0 aromatic heterocycles. The van der Waals surface area contributed by atoms with Gasteiger partial charge in [-0.3, -0.25) is 4.79 Å². The van der Waals surface area contributed by atoms with Crippen LogP contribution in [0.3, 0.4) is 0 Å². The normalized spacial score (nSPS) is 15.2. The van der Waals surface area contributed by atoms with E-state index in [2.05, 4.69) is 13.8 Å². The molecular formula is C21H34N2O4. The van der Waals surface area contributed by atoms with E-state index in [1.54, 1.807) is 13.2 Å². The van der Waals surface area contributed by atoms with Crippen molar-refractivity contribution in [2.24, 2.45) is 11.7 Å². The molecule has 1 saturated heterocycles. The van der Waals surface area contributed by atoms with Crippen molar-refractivity contribution in [2.45, 2.75) is 45.6 Å². The first-order chi connectivity index (χ1) is 13.0. The second-order valence-corrected chi connectivity index (χ2v) is 7.40. The number of carbonyl (C=O) groups excluding carboxylic acids is 1. The second-order valence-electron chi connectivity index (χ2n) is 7.40. The number of nitrogens with zero attached hydrogens (tertiary/aromatic N) is 1. The Kier molecular flexibility index (Phi) is 8.88. The average Bonchev–Trinajstić information content (AvgIpc) is 2.68. The number of hydrogen-bond acceptors (Lipinski definition) is 5. The number of ether oxygens (including phenoxy) is 3. The smallest absolute Gasteiger partial charge is 0.253 e. The third-order valence-electron chi connectivity index (χ3n) is 4.79. The third kappa shape index (κ3) is 6.70. The molecule has 1 heterocycles. The van der Waals surface area contributed by atoms with Crippen LogP contribution in [0.4, 0.5) is 0 Å². The van der Waals surface area contributed by atoms with Gasteiger partial charge in [-0.15, -0.1) is 0 Å². The van der Waals surface area contributed by atoms with Crippen LogP contribution in [0.25, 0.3) is 0 Å². The number of carbonyl (C=O) groups is 1. The lowest BCUT2D eigenvalue weighted by Gasteiger charge is -2.32. The third-order valence-corrected chi connectivity index (χ3v) is 4.79. The summed E-state index contributed by atoms with van der Waals surface area (Å²) in [5.74, 6) is 1.90. The van der Waals surface area contributed by atoms with E-state index in [-0.39, 0.29) is 12.0 Å². The summed E-state index contributed by atoms with van der Waals surface area (Å²) in [4.78, 5) is 14.7. The van der Waals surface area contributed by atoms with Crippen molar-refractivity contribution in [1.29, 1.82) is 0 Å². The molecule has 1 aliphatic rings. The fraction of sp³-hybridized carbons (Fsp3) is 0.667. The Bertz CT molecular complexity index is 584. The Hall–Kier alpha value is -1.79. The molecule has 0 bridgehead atoms. The summed E-state index contributed by atoms with van der Waals surface area (Å²) in [5.41, 5.74) is 6.12. The van der Waals surface area contributed by atoms with Crippen molar-refractivity contribution in [3.05, 3.63) is 23.8 Å². The van der Waals surface area contributed by atoms with Crippen molar-refractivity contribution < 1.29 is 19.0 Å². The molecule has 0 atom stereocenters. The zero-order valence-corrected chi connectivity index (χ0v) is 16.9. The fourth-order valence-electron chi connectivity index (χ4n) is 3.07. The molecule has 1 amide bonds. The standard InChI is InChI=1S/C21H34N2O4/c1-16(2)9-14-27-19-6-5-17(15-20(19)25-3)21(24)23-11-7-18(8-12-23)26-13-4-10-22/h5-6,15-16,18H,4,7-14,22H2,1-3H3. The maximum atomic E-state index is 12.8.